The predicted octanol–water partition coefficient (Wildman–Crippen LogP) is 2.93. The van der Waals surface area contributed by atoms with Crippen molar-refractivity contribution in [1.82, 2.24) is 19.9 Å². The summed E-state index contributed by atoms with van der Waals surface area (Å²) in [6.45, 7) is 0.257. The number of hydrogen-bond acceptors (Lipinski definition) is 6. The van der Waals surface area contributed by atoms with Gasteiger partial charge >= 0.3 is 6.18 Å². The van der Waals surface area contributed by atoms with Gasteiger partial charge in [0.1, 0.15) is 23.5 Å². The molecule has 1 N–H and O–H groups in total. The lowest BCUT2D eigenvalue weighted by Crippen LogP contribution is -2.16. The molecule has 0 spiro atoms. The van der Waals surface area contributed by atoms with Crippen LogP contribution in [-0.2, 0) is 6.18 Å². The van der Waals surface area contributed by atoms with Crippen molar-refractivity contribution in [1.29, 1.82) is 0 Å². The number of nitrogens with one attached hydrogen (secondary N) is 1. The summed E-state index contributed by atoms with van der Waals surface area (Å²) in [5.41, 5.74) is 0.235. The van der Waals surface area contributed by atoms with Gasteiger partial charge < -0.3 is 10.1 Å². The second-order valence-corrected chi connectivity index (χ2v) is 4.72. The van der Waals surface area contributed by atoms with Crippen LogP contribution in [0.5, 0.6) is 5.88 Å². The zero-order chi connectivity index (χ0) is 17.0. The molecule has 124 valence electrons. The third-order valence-corrected chi connectivity index (χ3v) is 3.06. The molecule has 0 aliphatic rings. The highest BCUT2D eigenvalue weighted by atomic mass is 19.4. The van der Waals surface area contributed by atoms with E-state index in [0.29, 0.717) is 17.0 Å². The van der Waals surface area contributed by atoms with Crippen LogP contribution in [0.1, 0.15) is 5.56 Å². The fraction of sp³-hybridized carbons (Fsp3) is 0.200. The van der Waals surface area contributed by atoms with Crippen LogP contribution in [0.4, 0.5) is 19.0 Å². The lowest BCUT2D eigenvalue weighted by Gasteiger charge is -2.12. The minimum absolute atomic E-state index is 0.000277. The average Bonchev–Trinajstić information content (AvgIpc) is 2.58. The van der Waals surface area contributed by atoms with Gasteiger partial charge in [-0.1, -0.05) is 0 Å². The quantitative estimate of drug-likeness (QED) is 0.723. The van der Waals surface area contributed by atoms with E-state index in [4.69, 9.17) is 4.74 Å². The number of halogens is 3. The summed E-state index contributed by atoms with van der Waals surface area (Å²) in [7, 11) is 0. The molecule has 0 saturated carbocycles. The molecule has 0 fully saturated rings. The normalized spacial score (nSPS) is 11.5. The Morgan fingerprint density at radius 1 is 1.00 bits per heavy atom. The van der Waals surface area contributed by atoms with Crippen LogP contribution in [-0.4, -0.2) is 33.1 Å². The number of rotatable bonds is 5. The second kappa shape index (κ2) is 6.65. The van der Waals surface area contributed by atoms with Gasteiger partial charge in [-0.05, 0) is 24.3 Å². The number of alkyl halides is 3. The topological polar surface area (TPSA) is 72.8 Å². The number of pyridine rings is 2. The van der Waals surface area contributed by atoms with Gasteiger partial charge in [0.2, 0.25) is 5.88 Å². The van der Waals surface area contributed by atoms with E-state index in [0.717, 1.165) is 6.07 Å². The molecule has 0 bridgehead atoms. The summed E-state index contributed by atoms with van der Waals surface area (Å²) in [5.74, 6) is 0.0906. The van der Waals surface area contributed by atoms with Gasteiger partial charge in [0.25, 0.3) is 0 Å². The lowest BCUT2D eigenvalue weighted by molar-refractivity contribution is -0.139. The van der Waals surface area contributed by atoms with E-state index in [1.54, 1.807) is 18.3 Å². The van der Waals surface area contributed by atoms with Crippen LogP contribution >= 0.6 is 0 Å². The maximum Gasteiger partial charge on any atom is 0.421 e. The number of anilines is 1. The molecule has 0 saturated heterocycles. The first kappa shape index (κ1) is 15.9. The summed E-state index contributed by atoms with van der Waals surface area (Å²) in [5, 5.41) is 2.95. The Morgan fingerprint density at radius 2 is 1.83 bits per heavy atom. The van der Waals surface area contributed by atoms with E-state index in [-0.39, 0.29) is 13.2 Å². The molecule has 9 heteroatoms. The molecule has 0 atom stereocenters. The number of ether oxygens (including phenoxy) is 1. The van der Waals surface area contributed by atoms with Crippen LogP contribution in [0.15, 0.2) is 42.9 Å². The Labute approximate surface area is 134 Å². The molecule has 0 amide bonds. The number of nitrogens with zero attached hydrogens (tertiary/aromatic N) is 4. The van der Waals surface area contributed by atoms with Crippen molar-refractivity contribution in [3.8, 4) is 5.88 Å². The van der Waals surface area contributed by atoms with Crippen LogP contribution in [0, 0.1) is 0 Å². The highest BCUT2D eigenvalue weighted by Gasteiger charge is 2.34. The Balaban J connectivity index is 1.59. The van der Waals surface area contributed by atoms with Crippen molar-refractivity contribution in [2.75, 3.05) is 18.5 Å². The SMILES string of the molecule is FC(F)(F)c1cccnc1OCCNc1ccc2nccnc2n1. The summed E-state index contributed by atoms with van der Waals surface area (Å²) in [6.07, 6.45) is -0.158. The Hall–Kier alpha value is -2.97. The van der Waals surface area contributed by atoms with E-state index in [1.807, 2.05) is 0 Å². The Bertz CT molecular complexity index is 840. The van der Waals surface area contributed by atoms with Crippen molar-refractivity contribution in [2.24, 2.45) is 0 Å². The monoisotopic (exact) mass is 335 g/mol. The minimum atomic E-state index is -4.50. The number of hydrogen-bond donors (Lipinski definition) is 1. The maximum absolute atomic E-state index is 12.8. The number of fused-ring (bicyclic) bond motifs is 1. The third kappa shape index (κ3) is 3.67. The summed E-state index contributed by atoms with van der Waals surface area (Å²) in [6, 6.07) is 5.60. The molecular formula is C15H12F3N5O. The van der Waals surface area contributed by atoms with Gasteiger partial charge in [0.15, 0.2) is 5.65 Å². The summed E-state index contributed by atoms with van der Waals surface area (Å²) < 4.78 is 43.6. The van der Waals surface area contributed by atoms with Crippen LogP contribution < -0.4 is 10.1 Å². The van der Waals surface area contributed by atoms with Gasteiger partial charge in [-0.3, -0.25) is 4.98 Å². The fourth-order valence-corrected chi connectivity index (χ4v) is 2.00. The van der Waals surface area contributed by atoms with Crippen molar-refractivity contribution in [3.05, 3.63) is 48.4 Å². The van der Waals surface area contributed by atoms with Gasteiger partial charge in [-0.15, -0.1) is 0 Å². The van der Waals surface area contributed by atoms with Gasteiger partial charge in [0.05, 0.1) is 6.54 Å². The first-order chi connectivity index (χ1) is 11.5. The van der Waals surface area contributed by atoms with E-state index < -0.39 is 17.6 Å². The van der Waals surface area contributed by atoms with Crippen molar-refractivity contribution < 1.29 is 17.9 Å². The first-order valence-corrected chi connectivity index (χ1v) is 7.01. The van der Waals surface area contributed by atoms with Crippen LogP contribution in [0.2, 0.25) is 0 Å². The molecule has 24 heavy (non-hydrogen) atoms. The molecule has 3 aromatic rings. The molecule has 0 aliphatic carbocycles. The molecule has 6 nitrogen and oxygen atoms in total. The maximum atomic E-state index is 12.8. The smallest absolute Gasteiger partial charge is 0.421 e. The van der Waals surface area contributed by atoms with Crippen molar-refractivity contribution in [2.45, 2.75) is 6.18 Å². The van der Waals surface area contributed by atoms with E-state index in [9.17, 15) is 13.2 Å². The summed E-state index contributed by atoms with van der Waals surface area (Å²) in [4.78, 5) is 16.0. The zero-order valence-corrected chi connectivity index (χ0v) is 12.3. The largest absolute Gasteiger partial charge is 0.475 e. The van der Waals surface area contributed by atoms with Gasteiger partial charge in [-0.2, -0.15) is 13.2 Å². The molecule has 3 rings (SSSR count). The highest BCUT2D eigenvalue weighted by molar-refractivity contribution is 5.71. The summed E-state index contributed by atoms with van der Waals surface area (Å²) >= 11 is 0. The molecule has 3 aromatic heterocycles. The van der Waals surface area contributed by atoms with E-state index in [2.05, 4.69) is 25.3 Å². The lowest BCUT2D eigenvalue weighted by atomic mass is 10.2. The van der Waals surface area contributed by atoms with Crippen LogP contribution in [0.3, 0.4) is 0 Å². The predicted molar refractivity (Wildman–Crippen MR) is 80.6 cm³/mol. The minimum Gasteiger partial charge on any atom is -0.475 e. The fourth-order valence-electron chi connectivity index (χ4n) is 2.00. The first-order valence-electron chi connectivity index (χ1n) is 7.01. The third-order valence-electron chi connectivity index (χ3n) is 3.06. The molecule has 0 radical (unpaired) electrons. The van der Waals surface area contributed by atoms with E-state index in [1.165, 1.54) is 18.5 Å². The van der Waals surface area contributed by atoms with Crippen molar-refractivity contribution >= 4 is 17.0 Å². The Morgan fingerprint density at radius 3 is 2.67 bits per heavy atom. The highest BCUT2D eigenvalue weighted by Crippen LogP contribution is 2.34. The molecule has 3 heterocycles. The Kier molecular flexibility index (Phi) is 4.41. The van der Waals surface area contributed by atoms with E-state index >= 15 is 0 Å². The number of aromatic nitrogens is 4. The second-order valence-electron chi connectivity index (χ2n) is 4.72. The zero-order valence-electron chi connectivity index (χ0n) is 12.3. The van der Waals surface area contributed by atoms with Gasteiger partial charge in [-0.25, -0.2) is 15.0 Å². The molecular weight excluding hydrogens is 323 g/mol. The molecule has 0 aliphatic heterocycles. The van der Waals surface area contributed by atoms with Crippen molar-refractivity contribution in [3.63, 3.8) is 0 Å². The molecule has 0 aromatic carbocycles. The molecule has 0 unspecified atom stereocenters. The van der Waals surface area contributed by atoms with Crippen LogP contribution in [0.25, 0.3) is 11.2 Å². The standard InChI is InChI=1S/C15H12F3N5O/c16-15(17,18)10-2-1-5-22-14(10)24-9-8-20-12-4-3-11-13(23-12)21-7-6-19-11/h1-7H,8-9H2,(H,20,21,23). The average molecular weight is 335 g/mol. The van der Waals surface area contributed by atoms with Gasteiger partial charge in [0, 0.05) is 18.6 Å².